The van der Waals surface area contributed by atoms with Gasteiger partial charge in [0.1, 0.15) is 11.6 Å². The van der Waals surface area contributed by atoms with Gasteiger partial charge in [-0.25, -0.2) is 8.78 Å². The van der Waals surface area contributed by atoms with Crippen molar-refractivity contribution in [3.8, 4) is 11.1 Å². The normalized spacial score (nSPS) is 16.9. The Morgan fingerprint density at radius 3 is 2.54 bits per heavy atom. The number of benzene rings is 3. The summed E-state index contributed by atoms with van der Waals surface area (Å²) in [6.45, 7) is 0. The number of fused-ring (bicyclic) bond motifs is 5. The Labute approximate surface area is 161 Å². The summed E-state index contributed by atoms with van der Waals surface area (Å²) in [4.78, 5) is 12.9. The molecule has 0 aromatic heterocycles. The topological polar surface area (TPSA) is 17.1 Å². The maximum Gasteiger partial charge on any atom is 0.169 e. The first kappa shape index (κ1) is 17.1. The molecule has 0 heterocycles. The summed E-state index contributed by atoms with van der Waals surface area (Å²) in [5.41, 5.74) is 4.66. The van der Waals surface area contributed by atoms with Gasteiger partial charge in [0.15, 0.2) is 5.78 Å². The van der Waals surface area contributed by atoms with Crippen molar-refractivity contribution >= 4 is 17.9 Å². The third-order valence-electron chi connectivity index (χ3n) is 5.80. The Balaban J connectivity index is 1.64. The van der Waals surface area contributed by atoms with Crippen molar-refractivity contribution in [3.63, 3.8) is 0 Å². The maximum absolute atomic E-state index is 13.8. The van der Waals surface area contributed by atoms with Crippen LogP contribution in [-0.2, 0) is 12.8 Å². The second kappa shape index (κ2) is 6.52. The highest BCUT2D eigenvalue weighted by molar-refractivity contribution is 6.01. The molecule has 0 saturated carbocycles. The van der Waals surface area contributed by atoms with Gasteiger partial charge in [-0.05, 0) is 76.2 Å². The fourth-order valence-electron chi connectivity index (χ4n) is 4.40. The summed E-state index contributed by atoms with van der Waals surface area (Å²) >= 11 is 0. The van der Waals surface area contributed by atoms with Gasteiger partial charge in [-0.15, -0.1) is 0 Å². The molecule has 0 saturated heterocycles. The molecule has 2 aliphatic carbocycles. The smallest absolute Gasteiger partial charge is 0.169 e. The second-order valence-electron chi connectivity index (χ2n) is 7.50. The first-order valence-electron chi connectivity index (χ1n) is 9.53. The largest absolute Gasteiger partial charge is 0.294 e. The van der Waals surface area contributed by atoms with Gasteiger partial charge < -0.3 is 0 Å². The molecule has 0 bridgehead atoms. The Hall–Kier alpha value is -3.07. The van der Waals surface area contributed by atoms with E-state index in [-0.39, 0.29) is 17.5 Å². The molecule has 1 unspecified atom stereocenters. The van der Waals surface area contributed by atoms with Crippen molar-refractivity contribution in [1.29, 1.82) is 0 Å². The number of carbonyl (C=O) groups excluding carboxylic acids is 1. The molecule has 3 heteroatoms. The van der Waals surface area contributed by atoms with Gasteiger partial charge in [0, 0.05) is 11.5 Å². The van der Waals surface area contributed by atoms with Gasteiger partial charge in [-0.1, -0.05) is 42.5 Å². The molecule has 0 spiro atoms. The number of carbonyl (C=O) groups is 1. The van der Waals surface area contributed by atoms with Gasteiger partial charge >= 0.3 is 0 Å². The summed E-state index contributed by atoms with van der Waals surface area (Å²) in [5.74, 6) is -0.966. The average molecular weight is 372 g/mol. The zero-order chi connectivity index (χ0) is 19.3. The Morgan fingerprint density at radius 2 is 1.68 bits per heavy atom. The molecule has 0 fully saturated rings. The number of rotatable bonds is 2. The lowest BCUT2D eigenvalue weighted by Gasteiger charge is -2.21. The van der Waals surface area contributed by atoms with Gasteiger partial charge in [0.05, 0.1) is 0 Å². The lowest BCUT2D eigenvalue weighted by atomic mass is 9.82. The van der Waals surface area contributed by atoms with E-state index >= 15 is 0 Å². The number of halogens is 2. The molecule has 0 amide bonds. The zero-order valence-corrected chi connectivity index (χ0v) is 15.2. The van der Waals surface area contributed by atoms with Gasteiger partial charge in [0.25, 0.3) is 0 Å². The molecular formula is C25H18F2O. The fourth-order valence-corrected chi connectivity index (χ4v) is 4.40. The molecule has 0 aliphatic heterocycles. The summed E-state index contributed by atoms with van der Waals surface area (Å²) in [6.07, 6.45) is 6.45. The summed E-state index contributed by atoms with van der Waals surface area (Å²) in [6, 6.07) is 15.0. The Morgan fingerprint density at radius 1 is 0.857 bits per heavy atom. The van der Waals surface area contributed by atoms with E-state index in [1.54, 1.807) is 18.2 Å². The van der Waals surface area contributed by atoms with E-state index < -0.39 is 5.82 Å². The Bertz CT molecular complexity index is 1240. The molecule has 1 atom stereocenters. The van der Waals surface area contributed by atoms with Crippen LogP contribution in [0.25, 0.3) is 23.3 Å². The molecule has 1 nitrogen and oxygen atoms in total. The summed E-state index contributed by atoms with van der Waals surface area (Å²) in [7, 11) is 0. The third-order valence-corrected chi connectivity index (χ3v) is 5.80. The monoisotopic (exact) mass is 372 g/mol. The van der Waals surface area contributed by atoms with Crippen molar-refractivity contribution in [2.24, 2.45) is 5.92 Å². The van der Waals surface area contributed by atoms with Crippen molar-refractivity contribution in [3.05, 3.63) is 93.4 Å². The lowest BCUT2D eigenvalue weighted by Crippen LogP contribution is -2.37. The number of hydrogen-bond donors (Lipinski definition) is 0. The minimum atomic E-state index is -0.397. The van der Waals surface area contributed by atoms with Crippen LogP contribution < -0.4 is 10.4 Å². The first-order chi connectivity index (χ1) is 13.6. The summed E-state index contributed by atoms with van der Waals surface area (Å²) < 4.78 is 27.4. The standard InChI is InChI=1S/C25H18F2O/c26-19-3-1-2-17(12-19)25(28)18-5-4-15-7-11-22-21(23(15)13-18)10-8-16-6-9-20(27)14-24(16)22/h1-3,6-7,9-14,18H,4-5,8H2. The zero-order valence-electron chi connectivity index (χ0n) is 15.2. The highest BCUT2D eigenvalue weighted by Crippen LogP contribution is 2.27. The average Bonchev–Trinajstić information content (AvgIpc) is 2.72. The first-order valence-corrected chi connectivity index (χ1v) is 9.53. The van der Waals surface area contributed by atoms with Crippen LogP contribution in [-0.4, -0.2) is 5.78 Å². The predicted molar refractivity (Wildman–Crippen MR) is 106 cm³/mol. The minimum absolute atomic E-state index is 0.0509. The SMILES string of the molecule is O=C(c1cccc(F)c1)C1C=c2c(ccc3c2=CCc2ccc(F)cc2-3)CC1. The third kappa shape index (κ3) is 2.78. The highest BCUT2D eigenvalue weighted by Gasteiger charge is 2.23. The number of Topliss-reactive ketones (excluding diaryl/α,β-unsaturated/α-hetero) is 1. The number of ketones is 1. The Kier molecular flexibility index (Phi) is 3.97. The lowest BCUT2D eigenvalue weighted by molar-refractivity contribution is 0.0946. The molecule has 138 valence electrons. The van der Waals surface area contributed by atoms with Crippen molar-refractivity contribution < 1.29 is 13.6 Å². The van der Waals surface area contributed by atoms with E-state index in [4.69, 9.17) is 0 Å². The van der Waals surface area contributed by atoms with Crippen LogP contribution in [0.1, 0.15) is 27.9 Å². The van der Waals surface area contributed by atoms with Crippen LogP contribution in [0.4, 0.5) is 8.78 Å². The van der Waals surface area contributed by atoms with E-state index in [1.165, 1.54) is 23.8 Å². The van der Waals surface area contributed by atoms with Crippen LogP contribution >= 0.6 is 0 Å². The quantitative estimate of drug-likeness (QED) is 0.617. The van der Waals surface area contributed by atoms with Crippen molar-refractivity contribution in [1.82, 2.24) is 0 Å². The van der Waals surface area contributed by atoms with E-state index in [0.717, 1.165) is 40.0 Å². The van der Waals surface area contributed by atoms with Gasteiger partial charge in [0.2, 0.25) is 0 Å². The van der Waals surface area contributed by atoms with Crippen LogP contribution in [0.2, 0.25) is 0 Å². The van der Waals surface area contributed by atoms with Crippen LogP contribution in [0.3, 0.4) is 0 Å². The fraction of sp³-hybridized carbons (Fsp3) is 0.160. The molecular weight excluding hydrogens is 354 g/mol. The van der Waals surface area contributed by atoms with Crippen molar-refractivity contribution in [2.45, 2.75) is 19.3 Å². The predicted octanol–water partition coefficient (Wildman–Crippen LogP) is 4.19. The van der Waals surface area contributed by atoms with E-state index in [9.17, 15) is 13.6 Å². The molecule has 28 heavy (non-hydrogen) atoms. The van der Waals surface area contributed by atoms with Crippen LogP contribution in [0, 0.1) is 17.6 Å². The molecule has 0 N–H and O–H groups in total. The minimum Gasteiger partial charge on any atom is -0.294 e. The number of hydrogen-bond acceptors (Lipinski definition) is 1. The highest BCUT2D eigenvalue weighted by atomic mass is 19.1. The molecule has 3 aromatic carbocycles. The van der Waals surface area contributed by atoms with Gasteiger partial charge in [-0.3, -0.25) is 4.79 Å². The number of aryl methyl sites for hydroxylation is 1. The second-order valence-corrected chi connectivity index (χ2v) is 7.50. The van der Waals surface area contributed by atoms with Crippen LogP contribution in [0.5, 0.6) is 0 Å². The molecule has 5 rings (SSSR count). The van der Waals surface area contributed by atoms with Crippen molar-refractivity contribution in [2.75, 3.05) is 0 Å². The van der Waals surface area contributed by atoms with E-state index in [2.05, 4.69) is 18.2 Å². The molecule has 2 aliphatic rings. The summed E-state index contributed by atoms with van der Waals surface area (Å²) in [5, 5.41) is 2.14. The van der Waals surface area contributed by atoms with E-state index in [1.807, 2.05) is 12.1 Å². The van der Waals surface area contributed by atoms with Crippen LogP contribution in [0.15, 0.2) is 54.6 Å². The molecule has 0 radical (unpaired) electrons. The van der Waals surface area contributed by atoms with Gasteiger partial charge in [-0.2, -0.15) is 0 Å². The molecule has 3 aromatic rings. The maximum atomic E-state index is 13.8. The van der Waals surface area contributed by atoms with E-state index in [0.29, 0.717) is 12.0 Å².